The molecule has 3 aliphatic heterocycles. The third kappa shape index (κ3) is 4.43. The van der Waals surface area contributed by atoms with Gasteiger partial charge in [-0.3, -0.25) is 9.69 Å². The summed E-state index contributed by atoms with van der Waals surface area (Å²) in [6.07, 6.45) is 6.67. The van der Waals surface area contributed by atoms with Gasteiger partial charge in [-0.05, 0) is 51.1 Å². The third-order valence-corrected chi connectivity index (χ3v) is 5.45. The number of morpholine rings is 1. The molecule has 3 rings (SSSR count). The molecule has 0 aliphatic carbocycles. The van der Waals surface area contributed by atoms with Crippen LogP contribution < -0.4 is 5.32 Å². The van der Waals surface area contributed by atoms with Gasteiger partial charge in [0.05, 0.1) is 13.2 Å². The SMILES string of the molecule is O=C(CCC1CCNC1)N1CCCCC1CN1CCOCC1. The summed E-state index contributed by atoms with van der Waals surface area (Å²) in [5.74, 6) is 1.11. The summed E-state index contributed by atoms with van der Waals surface area (Å²) in [4.78, 5) is 17.3. The fourth-order valence-corrected chi connectivity index (χ4v) is 4.03. The minimum Gasteiger partial charge on any atom is -0.379 e. The van der Waals surface area contributed by atoms with Gasteiger partial charge >= 0.3 is 0 Å². The topological polar surface area (TPSA) is 44.8 Å². The van der Waals surface area contributed by atoms with Crippen molar-refractivity contribution in [3.63, 3.8) is 0 Å². The van der Waals surface area contributed by atoms with Gasteiger partial charge in [-0.1, -0.05) is 0 Å². The molecule has 0 bridgehead atoms. The number of carbonyl (C=O) groups excluding carboxylic acids is 1. The summed E-state index contributed by atoms with van der Waals surface area (Å²) in [7, 11) is 0. The zero-order chi connectivity index (χ0) is 15.2. The summed E-state index contributed by atoms with van der Waals surface area (Å²) in [6, 6.07) is 0.432. The molecule has 22 heavy (non-hydrogen) atoms. The van der Waals surface area contributed by atoms with Gasteiger partial charge in [-0.25, -0.2) is 0 Å². The van der Waals surface area contributed by atoms with Crippen molar-refractivity contribution in [3.8, 4) is 0 Å². The number of rotatable bonds is 5. The first-order chi connectivity index (χ1) is 10.8. The summed E-state index contributed by atoms with van der Waals surface area (Å²) >= 11 is 0. The Bertz CT molecular complexity index is 352. The molecule has 0 aromatic carbocycles. The number of piperidine rings is 1. The van der Waals surface area contributed by atoms with Crippen LogP contribution in [0.15, 0.2) is 0 Å². The van der Waals surface area contributed by atoms with E-state index in [9.17, 15) is 4.79 Å². The zero-order valence-corrected chi connectivity index (χ0v) is 13.8. The standard InChI is InChI=1S/C17H31N3O2/c21-17(5-4-15-6-7-18-13-15)20-8-2-1-3-16(20)14-19-9-11-22-12-10-19/h15-16,18H,1-14H2. The molecule has 0 radical (unpaired) electrons. The van der Waals surface area contributed by atoms with Crippen molar-refractivity contribution in [2.24, 2.45) is 5.92 Å². The van der Waals surface area contributed by atoms with Gasteiger partial charge in [0, 0.05) is 38.6 Å². The lowest BCUT2D eigenvalue weighted by molar-refractivity contribution is -0.136. The molecule has 0 spiro atoms. The van der Waals surface area contributed by atoms with E-state index in [1.54, 1.807) is 0 Å². The monoisotopic (exact) mass is 309 g/mol. The average molecular weight is 309 g/mol. The van der Waals surface area contributed by atoms with Crippen LogP contribution in [0.3, 0.4) is 0 Å². The first-order valence-electron chi connectivity index (χ1n) is 9.13. The van der Waals surface area contributed by atoms with E-state index >= 15 is 0 Å². The molecule has 2 unspecified atom stereocenters. The molecule has 5 heteroatoms. The number of ether oxygens (including phenoxy) is 1. The molecule has 0 aromatic rings. The van der Waals surface area contributed by atoms with E-state index in [0.717, 1.165) is 65.3 Å². The Balaban J connectivity index is 1.48. The molecule has 3 heterocycles. The predicted molar refractivity (Wildman–Crippen MR) is 86.8 cm³/mol. The highest BCUT2D eigenvalue weighted by Crippen LogP contribution is 2.22. The lowest BCUT2D eigenvalue weighted by Crippen LogP contribution is -2.51. The van der Waals surface area contributed by atoms with Crippen LogP contribution in [0.2, 0.25) is 0 Å². The van der Waals surface area contributed by atoms with E-state index in [0.29, 0.717) is 17.9 Å². The van der Waals surface area contributed by atoms with Crippen LogP contribution in [0, 0.1) is 5.92 Å². The van der Waals surface area contributed by atoms with E-state index in [4.69, 9.17) is 4.74 Å². The third-order valence-electron chi connectivity index (χ3n) is 5.45. The molecule has 3 saturated heterocycles. The zero-order valence-electron chi connectivity index (χ0n) is 13.8. The predicted octanol–water partition coefficient (Wildman–Crippen LogP) is 1.09. The second-order valence-corrected chi connectivity index (χ2v) is 7.05. The van der Waals surface area contributed by atoms with Crippen molar-refractivity contribution in [1.29, 1.82) is 0 Å². The number of hydrogen-bond donors (Lipinski definition) is 1. The first kappa shape index (κ1) is 16.2. The van der Waals surface area contributed by atoms with Crippen LogP contribution in [-0.4, -0.2) is 74.2 Å². The number of amides is 1. The maximum Gasteiger partial charge on any atom is 0.222 e. The Hall–Kier alpha value is -0.650. The lowest BCUT2D eigenvalue weighted by Gasteiger charge is -2.40. The maximum atomic E-state index is 12.7. The smallest absolute Gasteiger partial charge is 0.222 e. The van der Waals surface area contributed by atoms with E-state index in [2.05, 4.69) is 15.1 Å². The van der Waals surface area contributed by atoms with E-state index in [1.165, 1.54) is 25.7 Å². The molecule has 126 valence electrons. The fraction of sp³-hybridized carbons (Fsp3) is 0.941. The van der Waals surface area contributed by atoms with Crippen LogP contribution >= 0.6 is 0 Å². The molecule has 3 fully saturated rings. The normalized spacial score (nSPS) is 30.6. The van der Waals surface area contributed by atoms with E-state index < -0.39 is 0 Å². The molecule has 0 aromatic heterocycles. The van der Waals surface area contributed by atoms with Crippen LogP contribution in [0.1, 0.15) is 38.5 Å². The van der Waals surface area contributed by atoms with Gasteiger partial charge in [0.2, 0.25) is 5.91 Å². The maximum absolute atomic E-state index is 12.7. The number of hydrogen-bond acceptors (Lipinski definition) is 4. The van der Waals surface area contributed by atoms with Crippen molar-refractivity contribution in [2.75, 3.05) is 52.5 Å². The van der Waals surface area contributed by atoms with Crippen LogP contribution in [0.5, 0.6) is 0 Å². The van der Waals surface area contributed by atoms with Crippen LogP contribution in [0.4, 0.5) is 0 Å². The summed E-state index contributed by atoms with van der Waals surface area (Å²) in [5, 5.41) is 3.40. The van der Waals surface area contributed by atoms with Crippen molar-refractivity contribution in [3.05, 3.63) is 0 Å². The molecule has 1 N–H and O–H groups in total. The quantitative estimate of drug-likeness (QED) is 0.826. The molecule has 3 aliphatic rings. The molecule has 2 atom stereocenters. The molecular weight excluding hydrogens is 278 g/mol. The highest BCUT2D eigenvalue weighted by Gasteiger charge is 2.29. The Morgan fingerprint density at radius 2 is 2.00 bits per heavy atom. The lowest BCUT2D eigenvalue weighted by atomic mass is 9.98. The Kier molecular flexibility index (Phi) is 6.10. The minimum absolute atomic E-state index is 0.393. The van der Waals surface area contributed by atoms with Gasteiger partial charge in [0.1, 0.15) is 0 Å². The number of nitrogens with one attached hydrogen (secondary N) is 1. The van der Waals surface area contributed by atoms with E-state index in [-0.39, 0.29) is 0 Å². The first-order valence-corrected chi connectivity index (χ1v) is 9.13. The van der Waals surface area contributed by atoms with Gasteiger partial charge < -0.3 is 15.0 Å². The van der Waals surface area contributed by atoms with Crippen LogP contribution in [-0.2, 0) is 9.53 Å². The summed E-state index contributed by atoms with van der Waals surface area (Å²) in [5.41, 5.74) is 0. The van der Waals surface area contributed by atoms with Gasteiger partial charge in [0.15, 0.2) is 0 Å². The molecule has 0 saturated carbocycles. The summed E-state index contributed by atoms with van der Waals surface area (Å²) < 4.78 is 5.43. The van der Waals surface area contributed by atoms with Crippen molar-refractivity contribution < 1.29 is 9.53 Å². The molecule has 1 amide bonds. The molecular formula is C17H31N3O2. The highest BCUT2D eigenvalue weighted by molar-refractivity contribution is 5.76. The second kappa shape index (κ2) is 8.27. The van der Waals surface area contributed by atoms with Gasteiger partial charge in [-0.2, -0.15) is 0 Å². The second-order valence-electron chi connectivity index (χ2n) is 7.05. The number of nitrogens with zero attached hydrogens (tertiary/aromatic N) is 2. The van der Waals surface area contributed by atoms with Crippen molar-refractivity contribution >= 4 is 5.91 Å². The fourth-order valence-electron chi connectivity index (χ4n) is 4.03. The number of likely N-dealkylation sites (tertiary alicyclic amines) is 1. The minimum atomic E-state index is 0.393. The van der Waals surface area contributed by atoms with Crippen LogP contribution in [0.25, 0.3) is 0 Å². The highest BCUT2D eigenvalue weighted by atomic mass is 16.5. The van der Waals surface area contributed by atoms with Crippen molar-refractivity contribution in [1.82, 2.24) is 15.1 Å². The average Bonchev–Trinajstić information content (AvgIpc) is 3.08. The Labute approximate surface area is 134 Å². The van der Waals surface area contributed by atoms with Gasteiger partial charge in [0.25, 0.3) is 0 Å². The largest absolute Gasteiger partial charge is 0.379 e. The molecule has 5 nitrogen and oxygen atoms in total. The number of carbonyl (C=O) groups is 1. The Morgan fingerprint density at radius 3 is 2.77 bits per heavy atom. The summed E-state index contributed by atoms with van der Waals surface area (Å²) in [6.45, 7) is 7.97. The van der Waals surface area contributed by atoms with E-state index in [1.807, 2.05) is 0 Å². The Morgan fingerprint density at radius 1 is 1.14 bits per heavy atom. The van der Waals surface area contributed by atoms with Crippen molar-refractivity contribution in [2.45, 2.75) is 44.6 Å². The van der Waals surface area contributed by atoms with Gasteiger partial charge in [-0.15, -0.1) is 0 Å².